The summed E-state index contributed by atoms with van der Waals surface area (Å²) in [5, 5.41) is 0.252. The van der Waals surface area contributed by atoms with Gasteiger partial charge in [0.2, 0.25) is 5.91 Å². The van der Waals surface area contributed by atoms with Gasteiger partial charge in [-0.1, -0.05) is 49.6 Å². The molecule has 1 aliphatic carbocycles. The summed E-state index contributed by atoms with van der Waals surface area (Å²) < 4.78 is 0. The Kier molecular flexibility index (Phi) is 3.59. The predicted molar refractivity (Wildman–Crippen MR) is 75.4 cm³/mol. The van der Waals surface area contributed by atoms with Crippen LogP contribution in [0.2, 0.25) is 0 Å². The van der Waals surface area contributed by atoms with Crippen LogP contribution in [0.5, 0.6) is 0 Å². The van der Waals surface area contributed by atoms with E-state index in [0.717, 1.165) is 0 Å². The van der Waals surface area contributed by atoms with E-state index in [4.69, 9.17) is 0 Å². The quantitative estimate of drug-likeness (QED) is 0.811. The van der Waals surface area contributed by atoms with Crippen LogP contribution >= 0.6 is 11.8 Å². The highest BCUT2D eigenvalue weighted by Crippen LogP contribution is 2.42. The van der Waals surface area contributed by atoms with E-state index < -0.39 is 0 Å². The Balaban J connectivity index is 1.83. The molecule has 2 nitrogen and oxygen atoms in total. The number of carbonyl (C=O) groups is 1. The van der Waals surface area contributed by atoms with Crippen LogP contribution in [0, 0.1) is 0 Å². The van der Waals surface area contributed by atoms with Gasteiger partial charge in [0.05, 0.1) is 5.75 Å². The van der Waals surface area contributed by atoms with Gasteiger partial charge in [0.1, 0.15) is 5.37 Å². The van der Waals surface area contributed by atoms with Crippen molar-refractivity contribution in [2.45, 2.75) is 43.5 Å². The first-order valence-corrected chi connectivity index (χ1v) is 7.89. The molecule has 0 radical (unpaired) electrons. The molecule has 1 heterocycles. The van der Waals surface area contributed by atoms with Gasteiger partial charge in [-0.25, -0.2) is 0 Å². The Bertz CT molecular complexity index is 414. The molecule has 2 fully saturated rings. The summed E-state index contributed by atoms with van der Waals surface area (Å²) in [6, 6.07) is 10.9. The number of hydrogen-bond acceptors (Lipinski definition) is 2. The van der Waals surface area contributed by atoms with E-state index in [2.05, 4.69) is 29.2 Å². The fourth-order valence-electron chi connectivity index (χ4n) is 3.06. The van der Waals surface area contributed by atoms with Crippen molar-refractivity contribution in [3.63, 3.8) is 0 Å². The van der Waals surface area contributed by atoms with Crippen molar-refractivity contribution >= 4 is 17.7 Å². The van der Waals surface area contributed by atoms with Gasteiger partial charge in [-0.2, -0.15) is 0 Å². The minimum Gasteiger partial charge on any atom is -0.323 e. The maximum Gasteiger partial charge on any atom is 0.234 e. The molecule has 3 rings (SSSR count). The molecule has 1 atom stereocenters. The van der Waals surface area contributed by atoms with Gasteiger partial charge in [-0.3, -0.25) is 4.79 Å². The number of hydrogen-bond donors (Lipinski definition) is 0. The molecule has 1 aromatic rings. The second kappa shape index (κ2) is 5.35. The van der Waals surface area contributed by atoms with Crippen molar-refractivity contribution in [3.8, 4) is 0 Å². The third-order valence-corrected chi connectivity index (χ3v) is 5.19. The Morgan fingerprint density at radius 2 is 1.78 bits per heavy atom. The van der Waals surface area contributed by atoms with Crippen LogP contribution in [0.15, 0.2) is 30.3 Å². The molecule has 0 aromatic heterocycles. The summed E-state index contributed by atoms with van der Waals surface area (Å²) in [5.74, 6) is 0.983. The van der Waals surface area contributed by atoms with Crippen LogP contribution in [-0.4, -0.2) is 22.6 Å². The van der Waals surface area contributed by atoms with Gasteiger partial charge in [-0.15, -0.1) is 11.8 Å². The lowest BCUT2D eigenvalue weighted by Crippen LogP contribution is -2.39. The van der Waals surface area contributed by atoms with Gasteiger partial charge >= 0.3 is 0 Å². The Labute approximate surface area is 113 Å². The summed E-state index contributed by atoms with van der Waals surface area (Å²) in [4.78, 5) is 14.3. The summed E-state index contributed by atoms with van der Waals surface area (Å²) in [6.07, 6.45) is 6.27. The highest BCUT2D eigenvalue weighted by molar-refractivity contribution is 8.00. The number of rotatable bonds is 2. The standard InChI is InChI=1S/C15H19NOS/c17-14-11-18-15(12-7-3-1-4-8-12)16(14)13-9-5-2-6-10-13/h1,3-4,7-8,13,15H,2,5-6,9-11H2/t15-/m0/s1. The molecule has 0 spiro atoms. The number of amides is 1. The Hall–Kier alpha value is -0.960. The van der Waals surface area contributed by atoms with E-state index in [1.807, 2.05) is 6.07 Å². The monoisotopic (exact) mass is 261 g/mol. The molecule has 1 aliphatic heterocycles. The molecule has 96 valence electrons. The fraction of sp³-hybridized carbons (Fsp3) is 0.533. The van der Waals surface area contributed by atoms with Crippen molar-refractivity contribution in [1.29, 1.82) is 0 Å². The second-order valence-corrected chi connectivity index (χ2v) is 6.24. The van der Waals surface area contributed by atoms with Crippen LogP contribution in [0.1, 0.15) is 43.0 Å². The molecular formula is C15H19NOS. The zero-order valence-corrected chi connectivity index (χ0v) is 11.4. The molecule has 1 saturated heterocycles. The number of nitrogens with zero attached hydrogens (tertiary/aromatic N) is 1. The van der Waals surface area contributed by atoms with Gasteiger partial charge in [0.25, 0.3) is 0 Å². The molecule has 1 amide bonds. The maximum absolute atomic E-state index is 12.2. The van der Waals surface area contributed by atoms with Crippen LogP contribution in [0.25, 0.3) is 0 Å². The van der Waals surface area contributed by atoms with E-state index in [-0.39, 0.29) is 5.37 Å². The van der Waals surface area contributed by atoms with Crippen LogP contribution < -0.4 is 0 Å². The number of carbonyl (C=O) groups excluding carboxylic acids is 1. The molecule has 0 unspecified atom stereocenters. The lowest BCUT2D eigenvalue weighted by atomic mass is 9.94. The third-order valence-electron chi connectivity index (χ3n) is 3.96. The van der Waals surface area contributed by atoms with Gasteiger partial charge in [-0.05, 0) is 18.4 Å². The number of thioether (sulfide) groups is 1. The van der Waals surface area contributed by atoms with E-state index >= 15 is 0 Å². The number of benzene rings is 1. The van der Waals surface area contributed by atoms with Crippen molar-refractivity contribution in [3.05, 3.63) is 35.9 Å². The molecule has 3 heteroatoms. The second-order valence-electron chi connectivity index (χ2n) is 5.17. The van der Waals surface area contributed by atoms with E-state index in [1.165, 1.54) is 37.7 Å². The molecule has 2 aliphatic rings. The van der Waals surface area contributed by atoms with Crippen molar-refractivity contribution < 1.29 is 4.79 Å². The zero-order valence-electron chi connectivity index (χ0n) is 10.5. The minimum absolute atomic E-state index is 0.252. The van der Waals surface area contributed by atoms with Crippen LogP contribution in [0.3, 0.4) is 0 Å². The summed E-state index contributed by atoms with van der Waals surface area (Å²) in [7, 11) is 0. The largest absolute Gasteiger partial charge is 0.323 e. The van der Waals surface area contributed by atoms with Crippen LogP contribution in [0.4, 0.5) is 0 Å². The third kappa shape index (κ3) is 2.28. The van der Waals surface area contributed by atoms with E-state index in [1.54, 1.807) is 11.8 Å². The molecule has 0 N–H and O–H groups in total. The molecule has 1 saturated carbocycles. The highest BCUT2D eigenvalue weighted by atomic mass is 32.2. The van der Waals surface area contributed by atoms with Crippen molar-refractivity contribution in [2.24, 2.45) is 0 Å². The lowest BCUT2D eigenvalue weighted by molar-refractivity contribution is -0.131. The molecular weight excluding hydrogens is 242 g/mol. The molecule has 18 heavy (non-hydrogen) atoms. The Morgan fingerprint density at radius 1 is 1.06 bits per heavy atom. The molecule has 1 aromatic carbocycles. The van der Waals surface area contributed by atoms with E-state index in [9.17, 15) is 4.79 Å². The summed E-state index contributed by atoms with van der Waals surface area (Å²) in [6.45, 7) is 0. The van der Waals surface area contributed by atoms with Crippen molar-refractivity contribution in [1.82, 2.24) is 4.90 Å². The Morgan fingerprint density at radius 3 is 2.50 bits per heavy atom. The summed E-state index contributed by atoms with van der Waals surface area (Å²) in [5.41, 5.74) is 1.28. The SMILES string of the molecule is O=C1CS[C@@H](c2ccccc2)N1C1CCCCC1. The lowest BCUT2D eigenvalue weighted by Gasteiger charge is -2.35. The van der Waals surface area contributed by atoms with Gasteiger partial charge in [0, 0.05) is 6.04 Å². The smallest absolute Gasteiger partial charge is 0.234 e. The van der Waals surface area contributed by atoms with Gasteiger partial charge < -0.3 is 4.90 Å². The molecule has 0 bridgehead atoms. The minimum atomic E-state index is 0.252. The zero-order chi connectivity index (χ0) is 12.4. The maximum atomic E-state index is 12.2. The topological polar surface area (TPSA) is 20.3 Å². The normalized spacial score (nSPS) is 25.7. The predicted octanol–water partition coefficient (Wildman–Crippen LogP) is 3.59. The average molecular weight is 261 g/mol. The van der Waals surface area contributed by atoms with Crippen LogP contribution in [-0.2, 0) is 4.79 Å². The van der Waals surface area contributed by atoms with E-state index in [0.29, 0.717) is 17.7 Å². The first kappa shape index (κ1) is 12.1. The van der Waals surface area contributed by atoms with Gasteiger partial charge in [0.15, 0.2) is 0 Å². The average Bonchev–Trinajstić information content (AvgIpc) is 2.83. The first-order valence-electron chi connectivity index (χ1n) is 6.84. The van der Waals surface area contributed by atoms with Crippen molar-refractivity contribution in [2.75, 3.05) is 5.75 Å². The highest BCUT2D eigenvalue weighted by Gasteiger charge is 2.37. The summed E-state index contributed by atoms with van der Waals surface area (Å²) >= 11 is 1.78. The first-order chi connectivity index (χ1) is 8.86. The fourth-order valence-corrected chi connectivity index (χ4v) is 4.31.